The highest BCUT2D eigenvalue weighted by Gasteiger charge is 2.52. The summed E-state index contributed by atoms with van der Waals surface area (Å²) in [6.45, 7) is 5.26. The Labute approximate surface area is 87.5 Å². The van der Waals surface area contributed by atoms with Gasteiger partial charge in [0.1, 0.15) is 0 Å². The first-order valence-electron chi connectivity index (χ1n) is 6.23. The first-order valence-corrected chi connectivity index (χ1v) is 6.23. The lowest BCUT2D eigenvalue weighted by molar-refractivity contribution is 0.509. The molecule has 0 spiro atoms. The van der Waals surface area contributed by atoms with Gasteiger partial charge in [0.05, 0.1) is 0 Å². The van der Waals surface area contributed by atoms with Gasteiger partial charge in [0.15, 0.2) is 6.71 Å². The SMILES string of the molecule is C=C1C2CCCC1B2C1C=CCCC1. The standard InChI is InChI=1S/C13H19B/c1-10-12-8-5-9-13(10)14(12)11-6-3-2-4-7-11/h3,6,11-13H,1-2,4-5,7-9H2. The summed E-state index contributed by atoms with van der Waals surface area (Å²) in [6.07, 6.45) is 13.4. The maximum atomic E-state index is 4.27. The molecule has 1 heteroatoms. The lowest BCUT2D eigenvalue weighted by Gasteiger charge is -2.53. The molecule has 1 saturated heterocycles. The number of hydrogen-bond donors (Lipinski definition) is 0. The van der Waals surface area contributed by atoms with Gasteiger partial charge in [-0.3, -0.25) is 0 Å². The predicted octanol–water partition coefficient (Wildman–Crippen LogP) is 4.09. The van der Waals surface area contributed by atoms with Gasteiger partial charge in [-0.1, -0.05) is 43.4 Å². The fourth-order valence-corrected chi connectivity index (χ4v) is 4.00. The molecule has 3 rings (SSSR count). The third-order valence-electron chi connectivity index (χ3n) is 4.70. The quantitative estimate of drug-likeness (QED) is 0.427. The molecule has 0 N–H and O–H groups in total. The van der Waals surface area contributed by atoms with E-state index in [0.29, 0.717) is 0 Å². The summed E-state index contributed by atoms with van der Waals surface area (Å²) < 4.78 is 0. The fraction of sp³-hybridized carbons (Fsp3) is 0.692. The zero-order chi connectivity index (χ0) is 9.54. The van der Waals surface area contributed by atoms with Crippen LogP contribution in [0.3, 0.4) is 0 Å². The second-order valence-electron chi connectivity index (χ2n) is 5.32. The van der Waals surface area contributed by atoms with Crippen molar-refractivity contribution in [3.05, 3.63) is 24.3 Å². The van der Waals surface area contributed by atoms with Crippen LogP contribution in [-0.4, -0.2) is 6.71 Å². The third kappa shape index (κ3) is 1.14. The highest BCUT2D eigenvalue weighted by Crippen LogP contribution is 2.61. The Morgan fingerprint density at radius 2 is 1.93 bits per heavy atom. The minimum absolute atomic E-state index is 0.904. The average molecular weight is 186 g/mol. The molecule has 2 fully saturated rings. The maximum absolute atomic E-state index is 4.27. The van der Waals surface area contributed by atoms with Crippen molar-refractivity contribution < 1.29 is 0 Å². The van der Waals surface area contributed by atoms with Gasteiger partial charge in [-0.05, 0) is 30.3 Å². The Bertz CT molecular complexity index is 265. The summed E-state index contributed by atoms with van der Waals surface area (Å²) in [4.78, 5) is 0. The molecule has 2 aliphatic carbocycles. The molecule has 0 aromatic carbocycles. The van der Waals surface area contributed by atoms with Crippen molar-refractivity contribution in [2.75, 3.05) is 0 Å². The van der Waals surface area contributed by atoms with Crippen molar-refractivity contribution in [3.8, 4) is 0 Å². The summed E-state index contributed by atoms with van der Waals surface area (Å²) in [5.41, 5.74) is 1.60. The summed E-state index contributed by atoms with van der Waals surface area (Å²) in [7, 11) is 0. The van der Waals surface area contributed by atoms with Crippen LogP contribution in [0.5, 0.6) is 0 Å². The van der Waals surface area contributed by atoms with Gasteiger partial charge >= 0.3 is 0 Å². The average Bonchev–Trinajstić information content (AvgIpc) is 2.29. The molecule has 1 saturated carbocycles. The summed E-state index contributed by atoms with van der Waals surface area (Å²) in [5, 5.41) is 0. The van der Waals surface area contributed by atoms with Crippen molar-refractivity contribution in [2.24, 2.45) is 0 Å². The molecule has 14 heavy (non-hydrogen) atoms. The van der Waals surface area contributed by atoms with Crippen molar-refractivity contribution in [1.82, 2.24) is 0 Å². The second-order valence-corrected chi connectivity index (χ2v) is 5.32. The smallest absolute Gasteiger partial charge is 0.101 e. The monoisotopic (exact) mass is 186 g/mol. The van der Waals surface area contributed by atoms with Gasteiger partial charge in [0.2, 0.25) is 0 Å². The van der Waals surface area contributed by atoms with E-state index in [1.807, 2.05) is 0 Å². The van der Waals surface area contributed by atoms with E-state index in [-0.39, 0.29) is 0 Å². The molecule has 74 valence electrons. The van der Waals surface area contributed by atoms with Crippen LogP contribution < -0.4 is 0 Å². The number of hydrogen-bond acceptors (Lipinski definition) is 0. The molecule has 3 unspecified atom stereocenters. The first kappa shape index (κ1) is 8.82. The van der Waals surface area contributed by atoms with E-state index in [1.165, 1.54) is 38.5 Å². The number of rotatable bonds is 1. The highest BCUT2D eigenvalue weighted by molar-refractivity contribution is 6.70. The van der Waals surface area contributed by atoms with Gasteiger partial charge in [-0.15, -0.1) is 6.58 Å². The van der Waals surface area contributed by atoms with Crippen LogP contribution in [-0.2, 0) is 0 Å². The van der Waals surface area contributed by atoms with E-state index in [4.69, 9.17) is 0 Å². The molecule has 1 heterocycles. The largest absolute Gasteiger partial charge is 0.162 e. The molecule has 3 aliphatic rings. The zero-order valence-corrected chi connectivity index (χ0v) is 8.91. The lowest BCUT2D eigenvalue weighted by Crippen LogP contribution is -2.46. The zero-order valence-electron chi connectivity index (χ0n) is 8.91. The molecule has 2 bridgehead atoms. The Balaban J connectivity index is 1.77. The molecule has 0 aromatic heterocycles. The maximum Gasteiger partial charge on any atom is 0.162 e. The van der Waals surface area contributed by atoms with Crippen molar-refractivity contribution in [3.63, 3.8) is 0 Å². The predicted molar refractivity (Wildman–Crippen MR) is 63.0 cm³/mol. The fourth-order valence-electron chi connectivity index (χ4n) is 4.00. The number of allylic oxidation sites excluding steroid dienone is 3. The van der Waals surface area contributed by atoms with E-state index in [1.54, 1.807) is 5.57 Å². The topological polar surface area (TPSA) is 0 Å². The summed E-state index contributed by atoms with van der Waals surface area (Å²) in [5.74, 6) is 2.72. The van der Waals surface area contributed by atoms with Gasteiger partial charge in [-0.25, -0.2) is 0 Å². The van der Waals surface area contributed by atoms with Crippen LogP contribution in [0, 0.1) is 0 Å². The van der Waals surface area contributed by atoms with Gasteiger partial charge in [0, 0.05) is 0 Å². The first-order chi connectivity index (χ1) is 6.88. The Hall–Kier alpha value is -0.455. The number of fused-ring (bicyclic) bond motifs is 2. The van der Waals surface area contributed by atoms with Crippen LogP contribution in [0.15, 0.2) is 24.3 Å². The molecular weight excluding hydrogens is 167 g/mol. The van der Waals surface area contributed by atoms with Gasteiger partial charge in [0.25, 0.3) is 0 Å². The van der Waals surface area contributed by atoms with E-state index < -0.39 is 0 Å². The summed E-state index contributed by atoms with van der Waals surface area (Å²) >= 11 is 0. The van der Waals surface area contributed by atoms with E-state index in [9.17, 15) is 0 Å². The van der Waals surface area contributed by atoms with Crippen LogP contribution in [0.25, 0.3) is 0 Å². The molecule has 1 aliphatic heterocycles. The minimum atomic E-state index is 0.904. The van der Waals surface area contributed by atoms with Gasteiger partial charge in [-0.2, -0.15) is 0 Å². The Morgan fingerprint density at radius 3 is 2.50 bits per heavy atom. The third-order valence-corrected chi connectivity index (χ3v) is 4.70. The minimum Gasteiger partial charge on any atom is -0.101 e. The van der Waals surface area contributed by atoms with E-state index in [0.717, 1.165) is 24.2 Å². The summed E-state index contributed by atoms with van der Waals surface area (Å²) in [6, 6.07) is 0. The Morgan fingerprint density at radius 1 is 1.14 bits per heavy atom. The van der Waals surface area contributed by atoms with E-state index in [2.05, 4.69) is 18.7 Å². The molecule has 0 aromatic rings. The highest BCUT2D eigenvalue weighted by atomic mass is 14.4. The molecule has 0 radical (unpaired) electrons. The molecule has 0 nitrogen and oxygen atoms in total. The van der Waals surface area contributed by atoms with Crippen LogP contribution in [0.1, 0.15) is 38.5 Å². The van der Waals surface area contributed by atoms with E-state index >= 15 is 0 Å². The van der Waals surface area contributed by atoms with Crippen LogP contribution >= 0.6 is 0 Å². The second kappa shape index (κ2) is 3.29. The normalized spacial score (nSPS) is 41.0. The Kier molecular flexibility index (Phi) is 2.07. The van der Waals surface area contributed by atoms with Crippen molar-refractivity contribution >= 4 is 6.71 Å². The molecular formula is C13H19B. The lowest BCUT2D eigenvalue weighted by atomic mass is 9.14. The molecule has 3 atom stereocenters. The van der Waals surface area contributed by atoms with Crippen LogP contribution in [0.2, 0.25) is 17.5 Å². The van der Waals surface area contributed by atoms with Crippen LogP contribution in [0.4, 0.5) is 0 Å². The van der Waals surface area contributed by atoms with Crippen molar-refractivity contribution in [1.29, 1.82) is 0 Å². The van der Waals surface area contributed by atoms with Gasteiger partial charge < -0.3 is 0 Å². The molecule has 0 amide bonds. The van der Waals surface area contributed by atoms with Crippen molar-refractivity contribution in [2.45, 2.75) is 56.0 Å².